The van der Waals surface area contributed by atoms with Crippen molar-refractivity contribution < 1.29 is 93.8 Å². The molecule has 3 saturated heterocycles. The van der Waals surface area contributed by atoms with Gasteiger partial charge in [-0.25, -0.2) is 0 Å². The Hall–Kier alpha value is -1.05. The van der Waals surface area contributed by atoms with Crippen molar-refractivity contribution in [1.29, 1.82) is 0 Å². The van der Waals surface area contributed by atoms with Crippen molar-refractivity contribution in [1.82, 2.24) is 0 Å². The number of hydrogen-bond acceptors (Lipinski definition) is 19. The molecule has 10 N–H and O–H groups in total. The van der Waals surface area contributed by atoms with E-state index >= 15 is 0 Å². The molecule has 0 radical (unpaired) electrons. The molecule has 3 aliphatic rings. The topological polar surface area (TPSA) is 293 Å². The molecule has 0 aromatic rings. The van der Waals surface area contributed by atoms with Gasteiger partial charge in [0.1, 0.15) is 6.29 Å². The van der Waals surface area contributed by atoms with Gasteiger partial charge in [-0.2, -0.15) is 0 Å². The molecule has 85 heavy (non-hydrogen) atoms. The highest BCUT2D eigenvalue weighted by atomic mass is 16.7. The Morgan fingerprint density at radius 1 is 0.365 bits per heavy atom. The average molecular weight is 1230 g/mol. The van der Waals surface area contributed by atoms with Crippen molar-refractivity contribution in [3.8, 4) is 0 Å². The van der Waals surface area contributed by atoms with Gasteiger partial charge in [-0.05, 0) is 173 Å². The minimum atomic E-state index is -0.656. The summed E-state index contributed by atoms with van der Waals surface area (Å²) < 4.78 is 44.4. The van der Waals surface area contributed by atoms with Crippen LogP contribution >= 0.6 is 0 Å². The smallest absolute Gasteiger partial charge is 0.157 e. The highest BCUT2D eigenvalue weighted by molar-refractivity contribution is 5.48. The molecule has 0 saturated carbocycles. The fourth-order valence-electron chi connectivity index (χ4n) is 8.88. The van der Waals surface area contributed by atoms with Gasteiger partial charge in [-0.1, -0.05) is 103 Å². The van der Waals surface area contributed by atoms with E-state index in [-0.39, 0.29) is 58.5 Å². The van der Waals surface area contributed by atoms with E-state index in [1.54, 1.807) is 0 Å². The minimum absolute atomic E-state index is 0.00166. The summed E-state index contributed by atoms with van der Waals surface area (Å²) >= 11 is 0. The summed E-state index contributed by atoms with van der Waals surface area (Å²) in [5, 5.41) is 87.3. The Morgan fingerprint density at radius 3 is 1.20 bits per heavy atom. The number of aldehydes is 1. The van der Waals surface area contributed by atoms with Crippen molar-refractivity contribution in [2.75, 3.05) is 106 Å². The van der Waals surface area contributed by atoms with Crippen LogP contribution in [0.5, 0.6) is 0 Å². The van der Waals surface area contributed by atoms with Crippen molar-refractivity contribution in [2.24, 2.45) is 0 Å². The van der Waals surface area contributed by atoms with Crippen LogP contribution in [-0.2, 0) is 42.7 Å². The molecule has 3 aliphatic heterocycles. The number of aliphatic hydroxyl groups is 10. The minimum Gasteiger partial charge on any atom is -0.396 e. The first kappa shape index (κ1) is 88.1. The summed E-state index contributed by atoms with van der Waals surface area (Å²) in [4.78, 5) is 9.71. The van der Waals surface area contributed by atoms with Gasteiger partial charge in [0, 0.05) is 112 Å². The SMILES string of the molecule is O=CCCCCCO.OC1CCCCCO1.OCCCCCC1OCCCCCCO1.OCCCCCCOC(CCCCCO)OCCCCCCO.OCCCCCCOC(O)CCCCCO.OCCCCCCOC1CCCCCO1. The lowest BCUT2D eigenvalue weighted by Gasteiger charge is -2.19. The fourth-order valence-corrected chi connectivity index (χ4v) is 8.88. The van der Waals surface area contributed by atoms with Crippen LogP contribution in [0.2, 0.25) is 0 Å². The molecule has 0 amide bonds. The number of ether oxygens (including phenoxy) is 8. The molecule has 3 heterocycles. The van der Waals surface area contributed by atoms with E-state index < -0.39 is 12.6 Å². The van der Waals surface area contributed by atoms with Crippen LogP contribution in [0.1, 0.15) is 283 Å². The third-order valence-corrected chi connectivity index (χ3v) is 14.2. The largest absolute Gasteiger partial charge is 0.396 e. The second-order valence-electron chi connectivity index (χ2n) is 22.3. The van der Waals surface area contributed by atoms with Crippen LogP contribution in [0.15, 0.2) is 0 Å². The first-order valence-corrected chi connectivity index (χ1v) is 34.4. The summed E-state index contributed by atoms with van der Waals surface area (Å²) in [5.41, 5.74) is 0. The van der Waals surface area contributed by atoms with E-state index in [1.165, 1.54) is 38.5 Å². The highest BCUT2D eigenvalue weighted by Gasteiger charge is 2.14. The molecule has 3 unspecified atom stereocenters. The Labute approximate surface area is 517 Å². The number of aliphatic hydroxyl groups excluding tert-OH is 10. The molecule has 0 aromatic carbocycles. The van der Waals surface area contributed by atoms with Crippen molar-refractivity contribution in [3.63, 3.8) is 0 Å². The molecule has 0 bridgehead atoms. The second-order valence-corrected chi connectivity index (χ2v) is 22.3. The van der Waals surface area contributed by atoms with Gasteiger partial charge in [0.25, 0.3) is 0 Å². The molecule has 0 aromatic heterocycles. The van der Waals surface area contributed by atoms with Gasteiger partial charge in [0.2, 0.25) is 0 Å². The average Bonchev–Trinajstić information content (AvgIpc) is 3.90. The number of hydrogen-bond donors (Lipinski definition) is 10. The Bertz CT molecular complexity index is 1130. The molecular formula is C66H136O19. The molecule has 3 atom stereocenters. The zero-order chi connectivity index (χ0) is 62.7. The molecule has 19 nitrogen and oxygen atoms in total. The van der Waals surface area contributed by atoms with Crippen LogP contribution < -0.4 is 0 Å². The lowest BCUT2D eigenvalue weighted by atomic mass is 10.2. The molecule has 19 heteroatoms. The maximum Gasteiger partial charge on any atom is 0.157 e. The summed E-state index contributed by atoms with van der Waals surface area (Å²) in [6.07, 6.45) is 44.1. The fraction of sp³-hybridized carbons (Fsp3) is 0.985. The van der Waals surface area contributed by atoms with E-state index in [4.69, 9.17) is 83.9 Å². The molecule has 0 aliphatic carbocycles. The van der Waals surface area contributed by atoms with Crippen LogP contribution in [-0.4, -0.2) is 195 Å². The van der Waals surface area contributed by atoms with Crippen LogP contribution in [0.25, 0.3) is 0 Å². The third kappa shape index (κ3) is 79.0. The van der Waals surface area contributed by atoms with Gasteiger partial charge in [-0.15, -0.1) is 0 Å². The molecule has 3 rings (SSSR count). The first-order valence-electron chi connectivity index (χ1n) is 34.4. The number of carbonyl (C=O) groups excluding carboxylic acids is 1. The standard InChI is InChI=1S/C18H38O5.C12H26O4.2C12H24O3.2C6H12O2/c19-13-7-1-3-10-16-22-18(12-6-5-9-15-21)23-17-11-4-2-8-14-20;13-9-5-1-2-7-11-16-12(15)8-4-3-6-10-14;13-9-5-3-4-8-12-14-10-6-1-2-7-11-15-12;13-9-5-1-2-6-10-14-12-8-4-3-7-11-15-12;7-6-4-2-1-3-5-8-6;7-5-3-1-2-4-6-8/h18-21H,1-17H2;12-15H,1-11H2;2*12-13H,1-11H2;6-7H,1-5H2;5,8H,1-4,6H2. The van der Waals surface area contributed by atoms with Crippen molar-refractivity contribution in [3.05, 3.63) is 0 Å². The predicted molar refractivity (Wildman–Crippen MR) is 337 cm³/mol. The zero-order valence-electron chi connectivity index (χ0n) is 54.0. The van der Waals surface area contributed by atoms with Gasteiger partial charge in [0.15, 0.2) is 31.5 Å². The van der Waals surface area contributed by atoms with E-state index in [0.717, 1.165) is 270 Å². The Balaban J connectivity index is -0.000000980. The predicted octanol–water partition coefficient (Wildman–Crippen LogP) is 11.0. The van der Waals surface area contributed by atoms with E-state index in [2.05, 4.69) is 0 Å². The molecule has 0 spiro atoms. The normalized spacial score (nSPS) is 17.0. The van der Waals surface area contributed by atoms with Crippen LogP contribution in [0.4, 0.5) is 0 Å². The lowest BCUT2D eigenvalue weighted by Crippen LogP contribution is -2.19. The molecule has 3 fully saturated rings. The highest BCUT2D eigenvalue weighted by Crippen LogP contribution is 2.17. The van der Waals surface area contributed by atoms with Gasteiger partial charge >= 0.3 is 0 Å². The van der Waals surface area contributed by atoms with Gasteiger partial charge < -0.3 is 93.8 Å². The third-order valence-electron chi connectivity index (χ3n) is 14.2. The second kappa shape index (κ2) is 81.0. The molecular weight excluding hydrogens is 1100 g/mol. The zero-order valence-corrected chi connectivity index (χ0v) is 54.0. The summed E-state index contributed by atoms with van der Waals surface area (Å²) in [7, 11) is 0. The van der Waals surface area contributed by atoms with Crippen molar-refractivity contribution in [2.45, 2.75) is 314 Å². The monoisotopic (exact) mass is 1230 g/mol. The Kier molecular flexibility index (Phi) is 84.0. The number of carbonyl (C=O) groups is 1. The lowest BCUT2D eigenvalue weighted by molar-refractivity contribution is -0.148. The number of unbranched alkanes of at least 4 members (excludes halogenated alkanes) is 21. The van der Waals surface area contributed by atoms with E-state index in [1.807, 2.05) is 0 Å². The van der Waals surface area contributed by atoms with Gasteiger partial charge in [0.05, 0.1) is 0 Å². The van der Waals surface area contributed by atoms with Crippen LogP contribution in [0, 0.1) is 0 Å². The van der Waals surface area contributed by atoms with E-state index in [0.29, 0.717) is 45.9 Å². The first-order chi connectivity index (χ1) is 41.8. The maximum atomic E-state index is 9.71. The van der Waals surface area contributed by atoms with Crippen molar-refractivity contribution >= 4 is 6.29 Å². The summed E-state index contributed by atoms with van der Waals surface area (Å²) in [5.74, 6) is 0. The molecule has 514 valence electrons. The summed E-state index contributed by atoms with van der Waals surface area (Å²) in [6, 6.07) is 0. The number of rotatable bonds is 48. The quantitative estimate of drug-likeness (QED) is 0.0154. The maximum absolute atomic E-state index is 9.71. The van der Waals surface area contributed by atoms with Gasteiger partial charge in [-0.3, -0.25) is 0 Å². The van der Waals surface area contributed by atoms with Crippen LogP contribution in [0.3, 0.4) is 0 Å². The summed E-state index contributed by atoms with van der Waals surface area (Å²) in [6.45, 7) is 8.22. The Morgan fingerprint density at radius 2 is 0.729 bits per heavy atom. The van der Waals surface area contributed by atoms with E-state index in [9.17, 15) is 9.90 Å².